The Labute approximate surface area is 553 Å². The highest BCUT2D eigenvalue weighted by Gasteiger charge is 2.18. The van der Waals surface area contributed by atoms with Gasteiger partial charge >= 0.3 is 0 Å². The van der Waals surface area contributed by atoms with Gasteiger partial charge in [-0.2, -0.15) is 23.5 Å². The Morgan fingerprint density at radius 2 is 0.826 bits per heavy atom. The summed E-state index contributed by atoms with van der Waals surface area (Å²) in [7, 11) is 10.8. The number of piperidine rings is 1. The number of morpholine rings is 1. The molecule has 10 aliphatic rings. The van der Waals surface area contributed by atoms with Crippen LogP contribution in [0.15, 0.2) is 9.98 Å². The molecule has 8 fully saturated rings. The van der Waals surface area contributed by atoms with Crippen LogP contribution in [0.25, 0.3) is 0 Å². The van der Waals surface area contributed by atoms with Crippen molar-refractivity contribution in [2.75, 3.05) is 189 Å². The second-order valence-electron chi connectivity index (χ2n) is 19.6. The molecule has 530 valence electrons. The number of hydrogen-bond donors (Lipinski definition) is 3. The minimum absolute atomic E-state index is 0.375. The van der Waals surface area contributed by atoms with Crippen molar-refractivity contribution in [1.82, 2.24) is 40.4 Å². The Kier molecular flexibility index (Phi) is 124. The maximum Gasteiger partial charge on any atom is 0.135 e. The van der Waals surface area contributed by atoms with Gasteiger partial charge in [0.1, 0.15) is 5.78 Å². The molecule has 1 saturated carbocycles. The zero-order valence-electron chi connectivity index (χ0n) is 64.7. The van der Waals surface area contributed by atoms with Crippen LogP contribution in [0.3, 0.4) is 0 Å². The second-order valence-corrected chi connectivity index (χ2v) is 22.0. The SMILES string of the molecule is CC.CC.CC.CC.CC.CC.CC.CC.CC.CC.CC1=NCCCN1.CC1=NCCN1.CC1CCCC1=O.CC1CCOC1.CC1CCSC1.CN1CCCC1.CN1CCCCC1.CN1CCNCC1.CN1CCOCC1.CN1CCSCC1. The molecule has 9 aliphatic heterocycles. The predicted octanol–water partition coefficient (Wildman–Crippen LogP) is 16.8. The van der Waals surface area contributed by atoms with Crippen LogP contribution in [0, 0.1) is 17.8 Å². The molecule has 13 nitrogen and oxygen atoms in total. The smallest absolute Gasteiger partial charge is 0.135 e. The van der Waals surface area contributed by atoms with E-state index in [9.17, 15) is 4.79 Å². The molecule has 0 aromatic heterocycles. The van der Waals surface area contributed by atoms with Gasteiger partial charge in [-0.05, 0) is 156 Å². The van der Waals surface area contributed by atoms with Crippen LogP contribution in [-0.2, 0) is 14.3 Å². The minimum Gasteiger partial charge on any atom is -0.381 e. The first-order valence-corrected chi connectivity index (χ1v) is 38.6. The van der Waals surface area contributed by atoms with Crippen LogP contribution in [-0.4, -0.2) is 231 Å². The summed E-state index contributed by atoms with van der Waals surface area (Å²) in [4.78, 5) is 30.5. The number of amidine groups is 2. The van der Waals surface area contributed by atoms with Crippen LogP contribution in [0.2, 0.25) is 0 Å². The maximum absolute atomic E-state index is 10.6. The largest absolute Gasteiger partial charge is 0.381 e. The molecule has 3 N–H and O–H groups in total. The molecular weight excluding hydrogens is 1100 g/mol. The van der Waals surface area contributed by atoms with E-state index in [1.807, 2.05) is 159 Å². The quantitative estimate of drug-likeness (QED) is 0.214. The Balaban J connectivity index is -0.0000000903. The third-order valence-corrected chi connectivity index (χ3v) is 14.8. The Hall–Kier alpha value is -1.01. The third-order valence-electron chi connectivity index (χ3n) is 12.6. The molecule has 0 bridgehead atoms. The van der Waals surface area contributed by atoms with Crippen molar-refractivity contribution in [1.29, 1.82) is 0 Å². The third kappa shape index (κ3) is 94.1. The molecule has 9 heterocycles. The van der Waals surface area contributed by atoms with Crippen molar-refractivity contribution >= 4 is 41.0 Å². The first kappa shape index (κ1) is 107. The van der Waals surface area contributed by atoms with Gasteiger partial charge in [0.15, 0.2) is 0 Å². The summed E-state index contributed by atoms with van der Waals surface area (Å²) >= 11 is 4.14. The Bertz CT molecular complexity index is 1060. The van der Waals surface area contributed by atoms with Gasteiger partial charge in [-0.25, -0.2) is 0 Å². The molecule has 0 spiro atoms. The van der Waals surface area contributed by atoms with Crippen molar-refractivity contribution in [3.8, 4) is 0 Å². The highest BCUT2D eigenvalue weighted by atomic mass is 32.2. The zero-order chi connectivity index (χ0) is 68.5. The summed E-state index contributed by atoms with van der Waals surface area (Å²) in [5, 5.41) is 9.47. The average Bonchev–Trinajstić information content (AvgIpc) is 4.51. The molecule has 7 saturated heterocycles. The summed E-state index contributed by atoms with van der Waals surface area (Å²) < 4.78 is 10.2. The zero-order valence-corrected chi connectivity index (χ0v) is 66.3. The molecule has 10 rings (SSSR count). The lowest BCUT2D eigenvalue weighted by atomic mass is 10.1. The molecule has 3 atom stereocenters. The fourth-order valence-electron chi connectivity index (χ4n) is 7.48. The van der Waals surface area contributed by atoms with Gasteiger partial charge in [0, 0.05) is 109 Å². The lowest BCUT2D eigenvalue weighted by Crippen LogP contribution is -2.40. The molecule has 0 aromatic carbocycles. The van der Waals surface area contributed by atoms with E-state index in [4.69, 9.17) is 9.47 Å². The van der Waals surface area contributed by atoms with Gasteiger partial charge in [0.05, 0.1) is 31.4 Å². The number of carbonyl (C=O) groups is 1. The van der Waals surface area contributed by atoms with Crippen LogP contribution in [0.5, 0.6) is 0 Å². The van der Waals surface area contributed by atoms with E-state index in [1.165, 1.54) is 127 Å². The number of likely N-dealkylation sites (tertiary alicyclic amines) is 2. The number of rotatable bonds is 0. The number of nitrogens with one attached hydrogen (secondary N) is 3. The van der Waals surface area contributed by atoms with E-state index in [0.29, 0.717) is 11.7 Å². The van der Waals surface area contributed by atoms with E-state index in [1.54, 1.807) is 0 Å². The number of Topliss-reactive ketones (excluding diaryl/α,β-unsaturated/α-hetero) is 1. The molecule has 0 amide bonds. The maximum atomic E-state index is 10.6. The topological polar surface area (TPSA) is 113 Å². The predicted molar refractivity (Wildman–Crippen MR) is 405 cm³/mol. The van der Waals surface area contributed by atoms with Crippen molar-refractivity contribution in [2.24, 2.45) is 27.7 Å². The van der Waals surface area contributed by atoms with Crippen molar-refractivity contribution in [3.05, 3.63) is 0 Å². The van der Waals surface area contributed by atoms with Crippen LogP contribution in [0.4, 0.5) is 0 Å². The fourth-order valence-corrected chi connectivity index (χ4v) is 9.87. The molecule has 86 heavy (non-hydrogen) atoms. The van der Waals surface area contributed by atoms with E-state index in [-0.39, 0.29) is 0 Å². The van der Waals surface area contributed by atoms with Crippen molar-refractivity contribution in [3.63, 3.8) is 0 Å². The average molecular weight is 1270 g/mol. The molecule has 0 radical (unpaired) electrons. The van der Waals surface area contributed by atoms with Gasteiger partial charge in [0.25, 0.3) is 0 Å². The number of carbonyl (C=O) groups excluding carboxylic acids is 1. The lowest BCUT2D eigenvalue weighted by Gasteiger charge is -2.21. The summed E-state index contributed by atoms with van der Waals surface area (Å²) in [5.74, 6) is 10.3. The van der Waals surface area contributed by atoms with Crippen LogP contribution < -0.4 is 16.0 Å². The van der Waals surface area contributed by atoms with Crippen LogP contribution >= 0.6 is 23.5 Å². The van der Waals surface area contributed by atoms with E-state index >= 15 is 0 Å². The normalized spacial score (nSPS) is 21.1. The first-order valence-electron chi connectivity index (χ1n) is 36.3. The number of likely N-dealkylation sites (N-methyl/N-ethyl adjacent to an activating group) is 2. The number of aliphatic imine (C=N–C) groups is 2. The van der Waals surface area contributed by atoms with Crippen LogP contribution in [0.1, 0.15) is 244 Å². The standard InChI is InChI=1S/C6H13N.C6H10O.C5H12N2.C5H10N2.C5H11NO.C5H11NS.C5H11N.C5H10O.C5H10S.C4H8N2.10C2H6/c1-7-5-3-2-4-6-7;1-5-3-2-4-6(5)7;1-7-4-2-6-3-5-7;1-5-6-3-2-4-7-5;2*1-6-2-4-7-5-3-6;1-6-4-2-3-5-6;2*1-5-2-3-6-4-5;1-4-5-2-3-6-4;10*1-2/h2-6H2,1H3;5H,2-4H2,1H3;6H,2-5H2,1H3;2-4H2,1H3,(H,6,7);2*2-5H2,1H3;2-5H2,1H3;2*5H,2-4H2,1H3;2-3H2,1H3,(H,5,6);10*1-2H3. The number of ether oxygens (including phenoxy) is 2. The first-order chi connectivity index (χ1) is 41.8. The van der Waals surface area contributed by atoms with Gasteiger partial charge < -0.3 is 49.9 Å². The summed E-state index contributed by atoms with van der Waals surface area (Å²) in [5.41, 5.74) is 0. The van der Waals surface area contributed by atoms with Gasteiger partial charge in [-0.15, -0.1) is 0 Å². The number of nitrogens with zero attached hydrogens (tertiary/aromatic N) is 7. The molecular formula is C71H166N10O3S2. The van der Waals surface area contributed by atoms with E-state index in [0.717, 1.165) is 122 Å². The number of thioether (sulfide) groups is 2. The highest BCUT2D eigenvalue weighted by molar-refractivity contribution is 7.99. The Morgan fingerprint density at radius 3 is 0.988 bits per heavy atom. The van der Waals surface area contributed by atoms with Gasteiger partial charge in [-0.1, -0.05) is 166 Å². The molecule has 1 aliphatic carbocycles. The second kappa shape index (κ2) is 100. The summed E-state index contributed by atoms with van der Waals surface area (Å²) in [6.45, 7) is 73.2. The summed E-state index contributed by atoms with van der Waals surface area (Å²) in [6, 6.07) is 0. The van der Waals surface area contributed by atoms with Gasteiger partial charge in [0.2, 0.25) is 0 Å². The molecule has 3 unspecified atom stereocenters. The van der Waals surface area contributed by atoms with E-state index in [2.05, 4.69) is 123 Å². The summed E-state index contributed by atoms with van der Waals surface area (Å²) in [6.07, 6.45) is 14.1. The minimum atomic E-state index is 0.375. The van der Waals surface area contributed by atoms with Crippen molar-refractivity contribution < 1.29 is 14.3 Å². The fraction of sp³-hybridized carbons (Fsp3) is 0.958. The molecule has 15 heteroatoms. The number of hydrogen-bond acceptors (Lipinski definition) is 15. The van der Waals surface area contributed by atoms with Crippen molar-refractivity contribution in [2.45, 2.75) is 244 Å². The van der Waals surface area contributed by atoms with E-state index < -0.39 is 0 Å². The Morgan fingerprint density at radius 1 is 0.407 bits per heavy atom. The monoisotopic (exact) mass is 1270 g/mol. The highest BCUT2D eigenvalue weighted by Crippen LogP contribution is 2.22. The lowest BCUT2D eigenvalue weighted by molar-refractivity contribution is -0.120. The van der Waals surface area contributed by atoms with Gasteiger partial charge in [-0.3, -0.25) is 14.8 Å². The number of piperazine rings is 1. The number of ketones is 1. The molecule has 0 aromatic rings.